The van der Waals surface area contributed by atoms with Crippen LogP contribution in [0.3, 0.4) is 0 Å². The molecular weight excluding hydrogens is 340 g/mol. The molecule has 1 amide bonds. The van der Waals surface area contributed by atoms with Crippen molar-refractivity contribution in [3.63, 3.8) is 0 Å². The van der Waals surface area contributed by atoms with Crippen LogP contribution in [0.2, 0.25) is 0 Å². The Kier molecular flexibility index (Phi) is 6.52. The van der Waals surface area contributed by atoms with Crippen molar-refractivity contribution in [3.8, 4) is 5.75 Å². The van der Waals surface area contributed by atoms with Crippen LogP contribution in [0, 0.1) is 0 Å². The third-order valence-corrected chi connectivity index (χ3v) is 4.38. The molecule has 0 unspecified atom stereocenters. The summed E-state index contributed by atoms with van der Waals surface area (Å²) in [6, 6.07) is 7.03. The van der Waals surface area contributed by atoms with E-state index in [9.17, 15) is 9.59 Å². The molecule has 2 aromatic rings. The number of ether oxygens (including phenoxy) is 2. The van der Waals surface area contributed by atoms with E-state index >= 15 is 0 Å². The van der Waals surface area contributed by atoms with E-state index in [1.54, 1.807) is 48.6 Å². The highest BCUT2D eigenvalue weighted by molar-refractivity contribution is 7.09. The molecule has 6 nitrogen and oxygen atoms in total. The van der Waals surface area contributed by atoms with Crippen molar-refractivity contribution >= 4 is 23.2 Å². The normalized spacial score (nSPS) is 10.6. The van der Waals surface area contributed by atoms with Crippen molar-refractivity contribution in [2.45, 2.75) is 33.4 Å². The lowest BCUT2D eigenvalue weighted by molar-refractivity contribution is 0.0520. The quantitative estimate of drug-likeness (QED) is 0.706. The first kappa shape index (κ1) is 18.9. The molecule has 0 aliphatic heterocycles. The van der Waals surface area contributed by atoms with Gasteiger partial charge in [-0.25, -0.2) is 9.78 Å². The molecule has 0 saturated carbocycles. The highest BCUT2D eigenvalue weighted by Crippen LogP contribution is 2.19. The summed E-state index contributed by atoms with van der Waals surface area (Å²) < 4.78 is 10.1. The molecule has 0 bridgehead atoms. The van der Waals surface area contributed by atoms with Crippen LogP contribution in [0.25, 0.3) is 0 Å². The number of amides is 1. The molecule has 134 valence electrons. The zero-order valence-corrected chi connectivity index (χ0v) is 15.6. The van der Waals surface area contributed by atoms with Gasteiger partial charge in [-0.1, -0.05) is 6.07 Å². The van der Waals surface area contributed by atoms with Crippen LogP contribution in [-0.4, -0.2) is 41.5 Å². The molecule has 0 aliphatic carbocycles. The van der Waals surface area contributed by atoms with Crippen LogP contribution in [0.4, 0.5) is 0 Å². The molecule has 7 heteroatoms. The van der Waals surface area contributed by atoms with Crippen molar-refractivity contribution in [3.05, 3.63) is 45.9 Å². The molecule has 0 aliphatic rings. The number of methoxy groups -OCH3 is 1. The van der Waals surface area contributed by atoms with Crippen molar-refractivity contribution in [2.75, 3.05) is 13.7 Å². The molecule has 0 fully saturated rings. The van der Waals surface area contributed by atoms with Gasteiger partial charge >= 0.3 is 5.97 Å². The van der Waals surface area contributed by atoms with Gasteiger partial charge in [0, 0.05) is 17.0 Å². The van der Waals surface area contributed by atoms with Crippen LogP contribution in [-0.2, 0) is 11.3 Å². The summed E-state index contributed by atoms with van der Waals surface area (Å²) >= 11 is 1.34. The Morgan fingerprint density at radius 2 is 2.08 bits per heavy atom. The number of hydrogen-bond donors (Lipinski definition) is 0. The monoisotopic (exact) mass is 362 g/mol. The van der Waals surface area contributed by atoms with Gasteiger partial charge in [0.05, 0.1) is 20.3 Å². The summed E-state index contributed by atoms with van der Waals surface area (Å²) in [7, 11) is 1.57. The molecule has 2 rings (SSSR count). The predicted octanol–water partition coefficient (Wildman–Crippen LogP) is 3.38. The fourth-order valence-corrected chi connectivity index (χ4v) is 3.00. The third kappa shape index (κ3) is 4.79. The van der Waals surface area contributed by atoms with E-state index in [1.807, 2.05) is 13.8 Å². The van der Waals surface area contributed by atoms with Crippen molar-refractivity contribution < 1.29 is 19.1 Å². The minimum atomic E-state index is -0.444. The molecule has 0 atom stereocenters. The molecule has 1 heterocycles. The van der Waals surface area contributed by atoms with Crippen LogP contribution in [0.5, 0.6) is 5.75 Å². The lowest BCUT2D eigenvalue weighted by Crippen LogP contribution is -2.36. The number of aromatic nitrogens is 1. The maximum Gasteiger partial charge on any atom is 0.357 e. The van der Waals surface area contributed by atoms with Gasteiger partial charge in [-0.05, 0) is 39.0 Å². The average Bonchev–Trinajstić information content (AvgIpc) is 3.08. The highest BCUT2D eigenvalue weighted by atomic mass is 32.1. The average molecular weight is 362 g/mol. The van der Waals surface area contributed by atoms with Crippen LogP contribution in [0.15, 0.2) is 29.6 Å². The molecule has 25 heavy (non-hydrogen) atoms. The second kappa shape index (κ2) is 8.62. The second-order valence-corrected chi connectivity index (χ2v) is 6.55. The molecule has 1 aromatic heterocycles. The van der Waals surface area contributed by atoms with Gasteiger partial charge in [0.2, 0.25) is 0 Å². The summed E-state index contributed by atoms with van der Waals surface area (Å²) in [6.45, 7) is 6.27. The number of esters is 1. The Bertz CT molecular complexity index is 742. The number of rotatable bonds is 7. The molecular formula is C18H22N2O4S. The minimum absolute atomic E-state index is 0.0198. The number of hydrogen-bond acceptors (Lipinski definition) is 6. The standard InChI is InChI=1S/C18H22N2O4S/c1-5-24-18(22)15-11-25-16(19-15)10-20(12(2)3)17(21)13-7-6-8-14(9-13)23-4/h6-9,11-12H,5,10H2,1-4H3. The predicted molar refractivity (Wildman–Crippen MR) is 96.1 cm³/mol. The Hall–Kier alpha value is -2.41. The first-order valence-electron chi connectivity index (χ1n) is 8.02. The van der Waals surface area contributed by atoms with Gasteiger partial charge in [0.15, 0.2) is 5.69 Å². The maximum atomic E-state index is 12.9. The van der Waals surface area contributed by atoms with Crippen molar-refractivity contribution in [1.29, 1.82) is 0 Å². The Morgan fingerprint density at radius 3 is 2.72 bits per heavy atom. The van der Waals surface area contributed by atoms with Gasteiger partial charge in [-0.15, -0.1) is 11.3 Å². The lowest BCUT2D eigenvalue weighted by Gasteiger charge is -2.26. The van der Waals surface area contributed by atoms with Gasteiger partial charge in [0.25, 0.3) is 5.91 Å². The molecule has 1 aromatic carbocycles. The molecule has 0 radical (unpaired) electrons. The van der Waals surface area contributed by atoms with E-state index in [0.29, 0.717) is 29.5 Å². The Morgan fingerprint density at radius 1 is 1.32 bits per heavy atom. The van der Waals surface area contributed by atoms with E-state index in [1.165, 1.54) is 11.3 Å². The summed E-state index contributed by atoms with van der Waals surface area (Å²) in [5.74, 6) is 0.0791. The number of carbonyl (C=O) groups excluding carboxylic acids is 2. The van der Waals surface area contributed by atoms with E-state index in [-0.39, 0.29) is 17.6 Å². The zero-order valence-electron chi connectivity index (χ0n) is 14.8. The number of carbonyl (C=O) groups is 2. The summed E-state index contributed by atoms with van der Waals surface area (Å²) in [4.78, 5) is 30.6. The minimum Gasteiger partial charge on any atom is -0.497 e. The van der Waals surface area contributed by atoms with E-state index < -0.39 is 5.97 Å². The van der Waals surface area contributed by atoms with Crippen LogP contribution >= 0.6 is 11.3 Å². The summed E-state index contributed by atoms with van der Waals surface area (Å²) in [5, 5.41) is 2.34. The number of thiazole rings is 1. The number of nitrogens with zero attached hydrogens (tertiary/aromatic N) is 2. The first-order valence-corrected chi connectivity index (χ1v) is 8.90. The number of benzene rings is 1. The van der Waals surface area contributed by atoms with Gasteiger partial charge in [0.1, 0.15) is 10.8 Å². The van der Waals surface area contributed by atoms with Crippen LogP contribution in [0.1, 0.15) is 46.6 Å². The third-order valence-electron chi connectivity index (χ3n) is 3.54. The largest absolute Gasteiger partial charge is 0.497 e. The molecule has 0 N–H and O–H groups in total. The summed E-state index contributed by atoms with van der Waals surface area (Å²) in [6.07, 6.45) is 0. The van der Waals surface area contributed by atoms with Gasteiger partial charge in [-0.3, -0.25) is 4.79 Å². The SMILES string of the molecule is CCOC(=O)c1csc(CN(C(=O)c2cccc(OC)c2)C(C)C)n1. The Labute approximate surface area is 151 Å². The first-order chi connectivity index (χ1) is 12.0. The fourth-order valence-electron chi connectivity index (χ4n) is 2.24. The maximum absolute atomic E-state index is 12.9. The van der Waals surface area contributed by atoms with Gasteiger partial charge < -0.3 is 14.4 Å². The van der Waals surface area contributed by atoms with Crippen molar-refractivity contribution in [2.24, 2.45) is 0 Å². The van der Waals surface area contributed by atoms with E-state index in [2.05, 4.69) is 4.98 Å². The second-order valence-electron chi connectivity index (χ2n) is 5.61. The topological polar surface area (TPSA) is 68.7 Å². The summed E-state index contributed by atoms with van der Waals surface area (Å²) in [5.41, 5.74) is 0.828. The van der Waals surface area contributed by atoms with Crippen molar-refractivity contribution in [1.82, 2.24) is 9.88 Å². The molecule has 0 saturated heterocycles. The Balaban J connectivity index is 2.18. The molecule has 0 spiro atoms. The van der Waals surface area contributed by atoms with E-state index in [4.69, 9.17) is 9.47 Å². The smallest absolute Gasteiger partial charge is 0.357 e. The lowest BCUT2D eigenvalue weighted by atomic mass is 10.1. The highest BCUT2D eigenvalue weighted by Gasteiger charge is 2.22. The fraction of sp³-hybridized carbons (Fsp3) is 0.389. The van der Waals surface area contributed by atoms with Gasteiger partial charge in [-0.2, -0.15) is 0 Å². The zero-order chi connectivity index (χ0) is 18.4. The van der Waals surface area contributed by atoms with E-state index in [0.717, 1.165) is 0 Å². The van der Waals surface area contributed by atoms with Crippen LogP contribution < -0.4 is 4.74 Å².